The molecular formula is C23H24N4O. The van der Waals surface area contributed by atoms with Crippen LogP contribution in [0.1, 0.15) is 15.9 Å². The minimum atomic E-state index is -0.0853. The molecule has 0 spiro atoms. The van der Waals surface area contributed by atoms with Gasteiger partial charge in [0.25, 0.3) is 5.91 Å². The van der Waals surface area contributed by atoms with Crippen molar-refractivity contribution in [3.8, 4) is 0 Å². The Labute approximate surface area is 165 Å². The molecule has 0 radical (unpaired) electrons. The molecule has 5 nitrogen and oxygen atoms in total. The first-order chi connectivity index (χ1) is 13.7. The van der Waals surface area contributed by atoms with Gasteiger partial charge in [-0.25, -0.2) is 0 Å². The van der Waals surface area contributed by atoms with E-state index >= 15 is 0 Å². The van der Waals surface area contributed by atoms with Crippen molar-refractivity contribution >= 4 is 23.0 Å². The van der Waals surface area contributed by atoms with Crippen molar-refractivity contribution in [2.75, 3.05) is 41.3 Å². The highest BCUT2D eigenvalue weighted by atomic mass is 16.1. The largest absolute Gasteiger partial charge is 0.368 e. The number of piperazine rings is 1. The van der Waals surface area contributed by atoms with Gasteiger partial charge in [-0.05, 0) is 55.5 Å². The normalized spacial score (nSPS) is 14.0. The molecule has 1 amide bonds. The standard InChI is InChI=1S/C23H24N4O/c1-18-4-6-19(7-5-18)23(28)25-20-8-10-21(11-9-20)26-13-15-27(16-14-26)22-3-2-12-24-17-22/h2-12,17H,13-16H2,1H3,(H,25,28). The molecule has 1 aromatic heterocycles. The lowest BCUT2D eigenvalue weighted by molar-refractivity contribution is 0.102. The summed E-state index contributed by atoms with van der Waals surface area (Å²) in [6, 6.07) is 19.8. The van der Waals surface area contributed by atoms with Gasteiger partial charge in [0.15, 0.2) is 0 Å². The number of amides is 1. The minimum Gasteiger partial charge on any atom is -0.368 e. The van der Waals surface area contributed by atoms with E-state index in [4.69, 9.17) is 0 Å². The summed E-state index contributed by atoms with van der Waals surface area (Å²) in [5.41, 5.74) is 4.98. The molecule has 1 fully saturated rings. The highest BCUT2D eigenvalue weighted by Crippen LogP contribution is 2.22. The molecule has 2 aromatic carbocycles. The smallest absolute Gasteiger partial charge is 0.255 e. The Bertz CT molecular complexity index is 915. The van der Waals surface area contributed by atoms with Crippen LogP contribution in [-0.2, 0) is 0 Å². The zero-order chi connectivity index (χ0) is 19.3. The molecule has 28 heavy (non-hydrogen) atoms. The van der Waals surface area contributed by atoms with Crippen LogP contribution < -0.4 is 15.1 Å². The number of pyridine rings is 1. The molecule has 142 valence electrons. The Morgan fingerprint density at radius 1 is 0.857 bits per heavy atom. The topological polar surface area (TPSA) is 48.5 Å². The minimum absolute atomic E-state index is 0.0853. The predicted octanol–water partition coefficient (Wildman–Crippen LogP) is 3.97. The lowest BCUT2D eigenvalue weighted by Gasteiger charge is -2.37. The van der Waals surface area contributed by atoms with E-state index in [9.17, 15) is 4.79 Å². The molecule has 0 aliphatic carbocycles. The number of carbonyl (C=O) groups excluding carboxylic acids is 1. The summed E-state index contributed by atoms with van der Waals surface area (Å²) in [7, 11) is 0. The van der Waals surface area contributed by atoms with Crippen molar-refractivity contribution in [1.29, 1.82) is 0 Å². The number of rotatable bonds is 4. The lowest BCUT2D eigenvalue weighted by atomic mass is 10.1. The van der Waals surface area contributed by atoms with E-state index in [0.717, 1.165) is 37.4 Å². The molecule has 4 rings (SSSR count). The van der Waals surface area contributed by atoms with Gasteiger partial charge >= 0.3 is 0 Å². The second kappa shape index (κ2) is 8.13. The Balaban J connectivity index is 1.35. The highest BCUT2D eigenvalue weighted by molar-refractivity contribution is 6.04. The number of carbonyl (C=O) groups is 1. The summed E-state index contributed by atoms with van der Waals surface area (Å²) in [6.07, 6.45) is 3.72. The molecular weight excluding hydrogens is 348 g/mol. The van der Waals surface area contributed by atoms with E-state index in [1.165, 1.54) is 11.4 Å². The quantitative estimate of drug-likeness (QED) is 0.753. The van der Waals surface area contributed by atoms with Crippen LogP contribution in [0.3, 0.4) is 0 Å². The van der Waals surface area contributed by atoms with E-state index in [2.05, 4.69) is 38.3 Å². The van der Waals surface area contributed by atoms with Crippen molar-refractivity contribution in [2.24, 2.45) is 0 Å². The molecule has 1 aliphatic rings. The number of aromatic nitrogens is 1. The second-order valence-corrected chi connectivity index (χ2v) is 7.05. The van der Waals surface area contributed by atoms with Crippen molar-refractivity contribution in [1.82, 2.24) is 4.98 Å². The molecule has 1 saturated heterocycles. The zero-order valence-electron chi connectivity index (χ0n) is 16.0. The summed E-state index contributed by atoms with van der Waals surface area (Å²) in [5, 5.41) is 2.96. The molecule has 0 bridgehead atoms. The van der Waals surface area contributed by atoms with Crippen LogP contribution in [0.25, 0.3) is 0 Å². The lowest BCUT2D eigenvalue weighted by Crippen LogP contribution is -2.46. The summed E-state index contributed by atoms with van der Waals surface area (Å²) in [6.45, 7) is 5.88. The van der Waals surface area contributed by atoms with Crippen LogP contribution >= 0.6 is 0 Å². The van der Waals surface area contributed by atoms with Gasteiger partial charge in [-0.3, -0.25) is 9.78 Å². The van der Waals surface area contributed by atoms with Gasteiger partial charge in [-0.1, -0.05) is 17.7 Å². The third kappa shape index (κ3) is 4.14. The third-order valence-corrected chi connectivity index (χ3v) is 5.09. The summed E-state index contributed by atoms with van der Waals surface area (Å²) in [4.78, 5) is 21.3. The van der Waals surface area contributed by atoms with E-state index in [0.29, 0.717) is 5.56 Å². The number of nitrogens with one attached hydrogen (secondary N) is 1. The van der Waals surface area contributed by atoms with Crippen molar-refractivity contribution in [2.45, 2.75) is 6.92 Å². The van der Waals surface area contributed by atoms with Crippen LogP contribution in [0.5, 0.6) is 0 Å². The molecule has 1 N–H and O–H groups in total. The Morgan fingerprint density at radius 2 is 1.50 bits per heavy atom. The predicted molar refractivity (Wildman–Crippen MR) is 114 cm³/mol. The van der Waals surface area contributed by atoms with Crippen molar-refractivity contribution in [3.05, 3.63) is 84.2 Å². The van der Waals surface area contributed by atoms with Gasteiger partial charge in [0.1, 0.15) is 0 Å². The molecule has 3 aromatic rings. The molecule has 0 saturated carbocycles. The summed E-state index contributed by atoms with van der Waals surface area (Å²) in [5.74, 6) is -0.0853. The van der Waals surface area contributed by atoms with Gasteiger partial charge in [0.2, 0.25) is 0 Å². The fourth-order valence-electron chi connectivity index (χ4n) is 3.43. The Hall–Kier alpha value is -3.34. The zero-order valence-corrected chi connectivity index (χ0v) is 16.0. The van der Waals surface area contributed by atoms with E-state index in [1.54, 1.807) is 6.20 Å². The van der Waals surface area contributed by atoms with Crippen LogP contribution in [0.15, 0.2) is 73.1 Å². The average Bonchev–Trinajstić information content (AvgIpc) is 2.75. The summed E-state index contributed by atoms with van der Waals surface area (Å²) < 4.78 is 0. The Kier molecular flexibility index (Phi) is 5.24. The molecule has 2 heterocycles. The number of benzene rings is 2. The van der Waals surface area contributed by atoms with Crippen molar-refractivity contribution < 1.29 is 4.79 Å². The maximum absolute atomic E-state index is 12.4. The summed E-state index contributed by atoms with van der Waals surface area (Å²) >= 11 is 0. The van der Waals surface area contributed by atoms with Gasteiger partial charge in [0, 0.05) is 49.3 Å². The number of nitrogens with zero attached hydrogens (tertiary/aromatic N) is 3. The molecule has 1 aliphatic heterocycles. The van der Waals surface area contributed by atoms with Crippen LogP contribution in [0.2, 0.25) is 0 Å². The number of hydrogen-bond donors (Lipinski definition) is 1. The van der Waals surface area contributed by atoms with Gasteiger partial charge in [-0.2, -0.15) is 0 Å². The van der Waals surface area contributed by atoms with E-state index in [1.807, 2.05) is 55.6 Å². The van der Waals surface area contributed by atoms with Crippen LogP contribution in [0.4, 0.5) is 17.1 Å². The first-order valence-corrected chi connectivity index (χ1v) is 9.57. The van der Waals surface area contributed by atoms with Crippen LogP contribution in [0, 0.1) is 6.92 Å². The van der Waals surface area contributed by atoms with Crippen molar-refractivity contribution in [3.63, 3.8) is 0 Å². The Morgan fingerprint density at radius 3 is 2.11 bits per heavy atom. The maximum Gasteiger partial charge on any atom is 0.255 e. The van der Waals surface area contributed by atoms with E-state index < -0.39 is 0 Å². The highest BCUT2D eigenvalue weighted by Gasteiger charge is 2.17. The fraction of sp³-hybridized carbons (Fsp3) is 0.217. The van der Waals surface area contributed by atoms with Gasteiger partial charge < -0.3 is 15.1 Å². The maximum atomic E-state index is 12.4. The molecule has 0 unspecified atom stereocenters. The van der Waals surface area contributed by atoms with Gasteiger partial charge in [-0.15, -0.1) is 0 Å². The fourth-order valence-corrected chi connectivity index (χ4v) is 3.43. The van der Waals surface area contributed by atoms with Crippen LogP contribution in [-0.4, -0.2) is 37.1 Å². The average molecular weight is 372 g/mol. The first-order valence-electron chi connectivity index (χ1n) is 9.57. The number of hydrogen-bond acceptors (Lipinski definition) is 4. The first kappa shape index (κ1) is 18.0. The van der Waals surface area contributed by atoms with Gasteiger partial charge in [0.05, 0.1) is 11.9 Å². The molecule has 5 heteroatoms. The van der Waals surface area contributed by atoms with E-state index in [-0.39, 0.29) is 5.91 Å². The monoisotopic (exact) mass is 372 g/mol. The number of anilines is 3. The second-order valence-electron chi connectivity index (χ2n) is 7.05. The molecule has 0 atom stereocenters. The SMILES string of the molecule is Cc1ccc(C(=O)Nc2ccc(N3CCN(c4cccnc4)CC3)cc2)cc1. The third-order valence-electron chi connectivity index (χ3n) is 5.09. The number of aryl methyl sites for hydroxylation is 1.